The minimum Gasteiger partial charge on any atom is -0.374 e. The van der Waals surface area contributed by atoms with Crippen LogP contribution in [-0.4, -0.2) is 56.4 Å². The Morgan fingerprint density at radius 1 is 1.52 bits per heavy atom. The summed E-state index contributed by atoms with van der Waals surface area (Å²) < 4.78 is 35.0. The zero-order valence-corrected chi connectivity index (χ0v) is 16.2. The number of ether oxygens (including phenoxy) is 2. The molecule has 1 saturated heterocycles. The van der Waals surface area contributed by atoms with Crippen molar-refractivity contribution in [2.45, 2.75) is 44.3 Å². The number of hydrogen-bond acceptors (Lipinski definition) is 9. The molecule has 13 heteroatoms. The molecule has 0 bridgehead atoms. The molecule has 0 saturated carbocycles. The smallest absolute Gasteiger partial charge is 0.374 e. The summed E-state index contributed by atoms with van der Waals surface area (Å²) >= 11 is 0. The largest absolute Gasteiger partial charge is 0.472 e. The highest BCUT2D eigenvalue weighted by Crippen LogP contribution is 2.52. The van der Waals surface area contributed by atoms with Gasteiger partial charge >= 0.3 is 7.82 Å². The minimum atomic E-state index is -4.31. The standard InChI is InChI=1S/C14H22N5O7P/c1-5-14(2)9(26-27(21,22)24-4)8(23-3)12(25-14)19-6-16-7-10(19)17-13(15)18-11(7)20/h6,8-9,12H,5H2,1-4H3,(H,21,22)(H3,15,17,18,20)/t8?,9?,12-,14-/m1/s1. The molecule has 150 valence electrons. The van der Waals surface area contributed by atoms with Gasteiger partial charge in [-0.15, -0.1) is 0 Å². The van der Waals surface area contributed by atoms with Gasteiger partial charge in [-0.25, -0.2) is 9.55 Å². The van der Waals surface area contributed by atoms with E-state index in [1.165, 1.54) is 18.0 Å². The molecule has 3 heterocycles. The number of H-pyrrole nitrogens is 1. The van der Waals surface area contributed by atoms with Crippen LogP contribution in [0.15, 0.2) is 11.1 Å². The Bertz CT molecular complexity index is 946. The summed E-state index contributed by atoms with van der Waals surface area (Å²) in [6, 6.07) is 0. The first kappa shape index (κ1) is 19.9. The molecule has 12 nitrogen and oxygen atoms in total. The SMILES string of the molecule is CC[C@@]1(C)O[C@@H](n2cnc3c(=O)[nH]c(N)nc32)C(OC)C1OP(=O)(O)OC. The summed E-state index contributed by atoms with van der Waals surface area (Å²) in [4.78, 5) is 32.4. The fourth-order valence-corrected chi connectivity index (χ4v) is 3.85. The Labute approximate surface area is 154 Å². The number of aromatic amines is 1. The lowest BCUT2D eigenvalue weighted by Crippen LogP contribution is -2.42. The minimum absolute atomic E-state index is 0.0773. The number of aromatic nitrogens is 4. The number of anilines is 1. The van der Waals surface area contributed by atoms with E-state index in [1.807, 2.05) is 6.92 Å². The van der Waals surface area contributed by atoms with E-state index in [9.17, 15) is 14.3 Å². The quantitative estimate of drug-likeness (QED) is 0.580. The molecule has 27 heavy (non-hydrogen) atoms. The molecule has 0 spiro atoms. The van der Waals surface area contributed by atoms with Gasteiger partial charge in [0, 0.05) is 14.2 Å². The van der Waals surface area contributed by atoms with Gasteiger partial charge < -0.3 is 20.1 Å². The topological polar surface area (TPSA) is 164 Å². The highest BCUT2D eigenvalue weighted by atomic mass is 31.2. The van der Waals surface area contributed by atoms with Crippen molar-refractivity contribution in [3.05, 3.63) is 16.7 Å². The van der Waals surface area contributed by atoms with Gasteiger partial charge in [0.05, 0.1) is 11.9 Å². The Kier molecular flexibility index (Phi) is 5.14. The Morgan fingerprint density at radius 3 is 2.81 bits per heavy atom. The van der Waals surface area contributed by atoms with E-state index in [4.69, 9.17) is 19.7 Å². The molecule has 2 aromatic rings. The van der Waals surface area contributed by atoms with Gasteiger partial charge in [-0.2, -0.15) is 4.98 Å². The summed E-state index contributed by atoms with van der Waals surface area (Å²) in [5.74, 6) is -0.0773. The highest BCUT2D eigenvalue weighted by Gasteiger charge is 2.56. The molecule has 1 fully saturated rings. The van der Waals surface area contributed by atoms with Crippen molar-refractivity contribution in [2.24, 2.45) is 0 Å². The molecule has 0 aliphatic carbocycles. The van der Waals surface area contributed by atoms with Crippen LogP contribution in [0.2, 0.25) is 0 Å². The molecule has 0 radical (unpaired) electrons. The van der Waals surface area contributed by atoms with Gasteiger partial charge in [-0.3, -0.25) is 23.4 Å². The fraction of sp³-hybridized carbons (Fsp3) is 0.643. The van der Waals surface area contributed by atoms with E-state index in [-0.39, 0.29) is 17.1 Å². The van der Waals surface area contributed by atoms with Gasteiger partial charge in [0.1, 0.15) is 12.2 Å². The van der Waals surface area contributed by atoms with Crippen molar-refractivity contribution in [1.82, 2.24) is 19.5 Å². The van der Waals surface area contributed by atoms with E-state index in [1.54, 1.807) is 6.92 Å². The molecule has 0 aromatic carbocycles. The van der Waals surface area contributed by atoms with E-state index < -0.39 is 37.4 Å². The summed E-state index contributed by atoms with van der Waals surface area (Å²) in [6.45, 7) is 3.57. The van der Waals surface area contributed by atoms with E-state index in [0.29, 0.717) is 6.42 Å². The number of nitrogens with one attached hydrogen (secondary N) is 1. The van der Waals surface area contributed by atoms with Crippen LogP contribution < -0.4 is 11.3 Å². The number of phosphoric ester groups is 1. The third-order valence-electron chi connectivity index (χ3n) is 4.75. The van der Waals surface area contributed by atoms with Crippen molar-refractivity contribution < 1.29 is 28.0 Å². The van der Waals surface area contributed by atoms with Crippen LogP contribution in [0.4, 0.5) is 5.95 Å². The summed E-state index contributed by atoms with van der Waals surface area (Å²) in [5, 5.41) is 0. The maximum atomic E-state index is 12.0. The second kappa shape index (κ2) is 6.97. The summed E-state index contributed by atoms with van der Waals surface area (Å²) in [7, 11) is -1.82. The molecule has 1 aliphatic rings. The van der Waals surface area contributed by atoms with Crippen LogP contribution >= 0.6 is 7.82 Å². The average Bonchev–Trinajstić information content (AvgIpc) is 3.14. The molecule has 4 N–H and O–H groups in total. The van der Waals surface area contributed by atoms with E-state index in [0.717, 1.165) is 7.11 Å². The predicted molar refractivity (Wildman–Crippen MR) is 93.9 cm³/mol. The number of phosphoric acid groups is 1. The number of nitrogens with zero attached hydrogens (tertiary/aromatic N) is 3. The Morgan fingerprint density at radius 2 is 2.22 bits per heavy atom. The van der Waals surface area contributed by atoms with Crippen molar-refractivity contribution in [3.8, 4) is 0 Å². The van der Waals surface area contributed by atoms with Crippen LogP contribution in [0.25, 0.3) is 11.2 Å². The Hall–Kier alpha value is -1.82. The molecular weight excluding hydrogens is 381 g/mol. The molecule has 3 unspecified atom stereocenters. The molecule has 5 atom stereocenters. The molecule has 2 aromatic heterocycles. The predicted octanol–water partition coefficient (Wildman–Crippen LogP) is 0.546. The third-order valence-corrected chi connectivity index (χ3v) is 5.70. The van der Waals surface area contributed by atoms with Crippen molar-refractivity contribution in [2.75, 3.05) is 20.0 Å². The first-order valence-corrected chi connectivity index (χ1v) is 9.65. The molecule has 3 rings (SSSR count). The number of imidazole rings is 1. The number of rotatable bonds is 6. The fourth-order valence-electron chi connectivity index (χ4n) is 3.13. The van der Waals surface area contributed by atoms with Gasteiger partial charge in [0.25, 0.3) is 5.56 Å². The van der Waals surface area contributed by atoms with Gasteiger partial charge in [0.2, 0.25) is 5.95 Å². The first-order chi connectivity index (χ1) is 12.7. The third kappa shape index (κ3) is 3.40. The van der Waals surface area contributed by atoms with Crippen LogP contribution in [0, 0.1) is 0 Å². The summed E-state index contributed by atoms with van der Waals surface area (Å²) in [6.07, 6.45) is -0.771. The van der Waals surface area contributed by atoms with Gasteiger partial charge in [0.15, 0.2) is 17.4 Å². The van der Waals surface area contributed by atoms with Crippen LogP contribution in [0.5, 0.6) is 0 Å². The summed E-state index contributed by atoms with van der Waals surface area (Å²) in [5.41, 5.74) is 4.44. The Balaban J connectivity index is 2.09. The normalized spacial score (nSPS) is 30.6. The van der Waals surface area contributed by atoms with Gasteiger partial charge in [-0.05, 0) is 13.3 Å². The number of methoxy groups -OCH3 is 1. The second-order valence-electron chi connectivity index (χ2n) is 6.33. The number of fused-ring (bicyclic) bond motifs is 1. The highest BCUT2D eigenvalue weighted by molar-refractivity contribution is 7.47. The van der Waals surface area contributed by atoms with Gasteiger partial charge in [-0.1, -0.05) is 6.92 Å². The molecule has 1 aliphatic heterocycles. The second-order valence-corrected chi connectivity index (χ2v) is 7.84. The number of hydrogen-bond donors (Lipinski definition) is 3. The molecular formula is C14H22N5O7P. The van der Waals surface area contributed by atoms with Crippen LogP contribution in [0.1, 0.15) is 26.5 Å². The zero-order chi connectivity index (χ0) is 20.0. The first-order valence-electron chi connectivity index (χ1n) is 8.15. The number of nitrogen functional groups attached to an aromatic ring is 1. The van der Waals surface area contributed by atoms with E-state index >= 15 is 0 Å². The lowest BCUT2D eigenvalue weighted by atomic mass is 9.95. The maximum absolute atomic E-state index is 12.0. The van der Waals surface area contributed by atoms with Crippen molar-refractivity contribution in [3.63, 3.8) is 0 Å². The van der Waals surface area contributed by atoms with Crippen molar-refractivity contribution >= 4 is 24.9 Å². The lowest BCUT2D eigenvalue weighted by molar-refractivity contribution is -0.0935. The van der Waals surface area contributed by atoms with Crippen LogP contribution in [-0.2, 0) is 23.1 Å². The molecule has 0 amide bonds. The van der Waals surface area contributed by atoms with E-state index in [2.05, 4.69) is 19.5 Å². The maximum Gasteiger partial charge on any atom is 0.472 e. The lowest BCUT2D eigenvalue weighted by Gasteiger charge is -2.30. The monoisotopic (exact) mass is 403 g/mol. The number of nitrogens with two attached hydrogens (primary N) is 1. The zero-order valence-electron chi connectivity index (χ0n) is 15.3. The average molecular weight is 403 g/mol. The van der Waals surface area contributed by atoms with Crippen LogP contribution in [0.3, 0.4) is 0 Å². The van der Waals surface area contributed by atoms with Crippen molar-refractivity contribution in [1.29, 1.82) is 0 Å².